The molecule has 6 nitrogen and oxygen atoms in total. The van der Waals surface area contributed by atoms with Gasteiger partial charge in [0.05, 0.1) is 36.1 Å². The smallest absolute Gasteiger partial charge is 0.259 e. The highest BCUT2D eigenvalue weighted by molar-refractivity contribution is 9.10. The maximum atomic E-state index is 12.7. The Morgan fingerprint density at radius 3 is 2.23 bits per heavy atom. The third-order valence-corrected chi connectivity index (χ3v) is 5.06. The average Bonchev–Trinajstić information content (AvgIpc) is 2.74. The van der Waals surface area contributed by atoms with Crippen LogP contribution in [0.4, 0.5) is 11.4 Å². The predicted molar refractivity (Wildman–Crippen MR) is 121 cm³/mol. The summed E-state index contributed by atoms with van der Waals surface area (Å²) in [5.74, 6) is 0.123. The highest BCUT2D eigenvalue weighted by Gasteiger charge is 2.16. The second kappa shape index (κ2) is 9.65. The van der Waals surface area contributed by atoms with Gasteiger partial charge in [-0.1, -0.05) is 39.7 Å². The van der Waals surface area contributed by atoms with E-state index in [0.717, 1.165) is 4.47 Å². The fourth-order valence-corrected chi connectivity index (χ4v) is 3.35. The van der Waals surface area contributed by atoms with E-state index >= 15 is 0 Å². The summed E-state index contributed by atoms with van der Waals surface area (Å²) in [7, 11) is 2.98. The molecule has 30 heavy (non-hydrogen) atoms. The molecule has 0 aliphatic rings. The molecule has 0 unspecified atom stereocenters. The van der Waals surface area contributed by atoms with Crippen molar-refractivity contribution in [1.29, 1.82) is 0 Å². The van der Waals surface area contributed by atoms with Crippen molar-refractivity contribution in [2.24, 2.45) is 0 Å². The van der Waals surface area contributed by atoms with Crippen molar-refractivity contribution >= 4 is 50.7 Å². The number of hydrogen-bond donors (Lipinski definition) is 2. The van der Waals surface area contributed by atoms with Gasteiger partial charge in [0.25, 0.3) is 11.8 Å². The summed E-state index contributed by atoms with van der Waals surface area (Å²) in [6, 6.07) is 16.8. The zero-order chi connectivity index (χ0) is 21.7. The summed E-state index contributed by atoms with van der Waals surface area (Å²) in [5, 5.41) is 5.92. The molecule has 2 N–H and O–H groups in total. The Kier molecular flexibility index (Phi) is 6.97. The van der Waals surface area contributed by atoms with Crippen molar-refractivity contribution in [2.75, 3.05) is 24.9 Å². The minimum atomic E-state index is -0.366. The number of hydrogen-bond acceptors (Lipinski definition) is 4. The Morgan fingerprint density at radius 2 is 1.53 bits per heavy atom. The van der Waals surface area contributed by atoms with Crippen LogP contribution < -0.4 is 20.1 Å². The van der Waals surface area contributed by atoms with Crippen LogP contribution in [0.5, 0.6) is 11.5 Å². The van der Waals surface area contributed by atoms with Gasteiger partial charge < -0.3 is 20.1 Å². The zero-order valence-corrected chi connectivity index (χ0v) is 18.5. The van der Waals surface area contributed by atoms with Gasteiger partial charge in [-0.2, -0.15) is 0 Å². The summed E-state index contributed by atoms with van der Waals surface area (Å²) in [5.41, 5.74) is 1.66. The lowest BCUT2D eigenvalue weighted by Gasteiger charge is -2.14. The molecule has 0 aromatic heterocycles. The summed E-state index contributed by atoms with van der Waals surface area (Å²) in [6.45, 7) is 0. The molecule has 0 heterocycles. The van der Waals surface area contributed by atoms with Gasteiger partial charge in [0.15, 0.2) is 0 Å². The van der Waals surface area contributed by atoms with Crippen molar-refractivity contribution in [1.82, 2.24) is 0 Å². The summed E-state index contributed by atoms with van der Waals surface area (Å²) >= 11 is 9.44. The molecule has 0 bridgehead atoms. The Morgan fingerprint density at radius 1 is 0.833 bits per heavy atom. The standard InChI is InChI=1S/C22H18BrClN2O4/c1-29-19-10-7-13(23)11-16(19)22(28)25-14-8-9-18(20(12-14)30-2)26-21(27)15-5-3-4-6-17(15)24/h3-12H,1-2H3,(H,25,28)(H,26,27). The molecule has 3 aromatic carbocycles. The Hall–Kier alpha value is -3.03. The monoisotopic (exact) mass is 488 g/mol. The van der Waals surface area contributed by atoms with Crippen LogP contribution in [0.2, 0.25) is 5.02 Å². The molecule has 2 amide bonds. The summed E-state index contributed by atoms with van der Waals surface area (Å²) in [4.78, 5) is 25.2. The Balaban J connectivity index is 1.81. The topological polar surface area (TPSA) is 76.7 Å². The molecule has 0 aliphatic heterocycles. The number of carbonyl (C=O) groups is 2. The molecule has 8 heteroatoms. The first-order valence-electron chi connectivity index (χ1n) is 8.81. The SMILES string of the molecule is COc1cc(NC(=O)c2cc(Br)ccc2OC)ccc1NC(=O)c1ccccc1Cl. The summed E-state index contributed by atoms with van der Waals surface area (Å²) in [6.07, 6.45) is 0. The molecule has 0 radical (unpaired) electrons. The molecule has 3 rings (SSSR count). The molecule has 0 atom stereocenters. The number of methoxy groups -OCH3 is 2. The van der Waals surface area contributed by atoms with Gasteiger partial charge in [-0.05, 0) is 42.5 Å². The maximum absolute atomic E-state index is 12.7. The van der Waals surface area contributed by atoms with Crippen LogP contribution in [0, 0.1) is 0 Å². The number of anilines is 2. The number of rotatable bonds is 6. The van der Waals surface area contributed by atoms with E-state index in [1.807, 2.05) is 0 Å². The van der Waals surface area contributed by atoms with E-state index in [1.54, 1.807) is 60.7 Å². The second-order valence-electron chi connectivity index (χ2n) is 6.15. The first-order chi connectivity index (χ1) is 14.4. The Labute approximate surface area is 187 Å². The average molecular weight is 490 g/mol. The Bertz CT molecular complexity index is 1100. The number of amides is 2. The molecular formula is C22H18BrClN2O4. The number of nitrogens with one attached hydrogen (secondary N) is 2. The van der Waals surface area contributed by atoms with E-state index in [2.05, 4.69) is 26.6 Å². The second-order valence-corrected chi connectivity index (χ2v) is 7.47. The van der Waals surface area contributed by atoms with E-state index in [1.165, 1.54) is 14.2 Å². The van der Waals surface area contributed by atoms with Crippen LogP contribution in [0.15, 0.2) is 65.1 Å². The quantitative estimate of drug-likeness (QED) is 0.471. The fraction of sp³-hybridized carbons (Fsp3) is 0.0909. The van der Waals surface area contributed by atoms with Crippen LogP contribution in [0.3, 0.4) is 0 Å². The molecule has 0 aliphatic carbocycles. The number of carbonyl (C=O) groups excluding carboxylic acids is 2. The van der Waals surface area contributed by atoms with Gasteiger partial charge >= 0.3 is 0 Å². The predicted octanol–water partition coefficient (Wildman–Crippen LogP) is 5.62. The maximum Gasteiger partial charge on any atom is 0.259 e. The van der Waals surface area contributed by atoms with Crippen LogP contribution in [-0.2, 0) is 0 Å². The van der Waals surface area contributed by atoms with Gasteiger partial charge in [0.2, 0.25) is 0 Å². The minimum absolute atomic E-state index is 0.344. The molecule has 0 saturated carbocycles. The van der Waals surface area contributed by atoms with Crippen molar-refractivity contribution < 1.29 is 19.1 Å². The normalized spacial score (nSPS) is 10.3. The van der Waals surface area contributed by atoms with E-state index in [9.17, 15) is 9.59 Å². The lowest BCUT2D eigenvalue weighted by atomic mass is 10.1. The van der Waals surface area contributed by atoms with E-state index in [0.29, 0.717) is 39.0 Å². The molecule has 0 saturated heterocycles. The fourth-order valence-electron chi connectivity index (χ4n) is 2.76. The van der Waals surface area contributed by atoms with Gasteiger partial charge in [0, 0.05) is 16.2 Å². The molecule has 0 fully saturated rings. The lowest BCUT2D eigenvalue weighted by molar-refractivity contribution is 0.101. The molecule has 154 valence electrons. The van der Waals surface area contributed by atoms with Gasteiger partial charge in [-0.15, -0.1) is 0 Å². The molecule has 0 spiro atoms. The molecular weight excluding hydrogens is 472 g/mol. The van der Waals surface area contributed by atoms with Gasteiger partial charge in [0.1, 0.15) is 11.5 Å². The van der Waals surface area contributed by atoms with E-state index in [4.69, 9.17) is 21.1 Å². The van der Waals surface area contributed by atoms with Crippen LogP contribution >= 0.6 is 27.5 Å². The zero-order valence-electron chi connectivity index (χ0n) is 16.2. The van der Waals surface area contributed by atoms with Crippen LogP contribution in [-0.4, -0.2) is 26.0 Å². The first-order valence-corrected chi connectivity index (χ1v) is 9.99. The number of ether oxygens (including phenoxy) is 2. The van der Waals surface area contributed by atoms with Crippen molar-refractivity contribution in [3.63, 3.8) is 0 Å². The third kappa shape index (κ3) is 4.93. The number of halogens is 2. The highest BCUT2D eigenvalue weighted by atomic mass is 79.9. The number of benzene rings is 3. The molecule has 3 aromatic rings. The lowest BCUT2D eigenvalue weighted by Crippen LogP contribution is -2.15. The minimum Gasteiger partial charge on any atom is -0.496 e. The third-order valence-electron chi connectivity index (χ3n) is 4.23. The van der Waals surface area contributed by atoms with E-state index < -0.39 is 0 Å². The van der Waals surface area contributed by atoms with Crippen LogP contribution in [0.1, 0.15) is 20.7 Å². The first kappa shape index (κ1) is 21.7. The van der Waals surface area contributed by atoms with Crippen LogP contribution in [0.25, 0.3) is 0 Å². The van der Waals surface area contributed by atoms with E-state index in [-0.39, 0.29) is 11.8 Å². The van der Waals surface area contributed by atoms with Gasteiger partial charge in [-0.3, -0.25) is 9.59 Å². The van der Waals surface area contributed by atoms with Crippen molar-refractivity contribution in [3.05, 3.63) is 81.3 Å². The van der Waals surface area contributed by atoms with Crippen molar-refractivity contribution in [2.45, 2.75) is 0 Å². The van der Waals surface area contributed by atoms with Gasteiger partial charge in [-0.25, -0.2) is 0 Å². The highest BCUT2D eigenvalue weighted by Crippen LogP contribution is 2.30. The van der Waals surface area contributed by atoms with Crippen molar-refractivity contribution in [3.8, 4) is 11.5 Å². The summed E-state index contributed by atoms with van der Waals surface area (Å²) < 4.78 is 11.4. The largest absolute Gasteiger partial charge is 0.496 e.